The monoisotopic (exact) mass is 87.0 g/mol. The summed E-state index contributed by atoms with van der Waals surface area (Å²) < 4.78 is 4.67. The molecule has 0 unspecified atom stereocenters. The summed E-state index contributed by atoms with van der Waals surface area (Å²) in [6, 6.07) is 0. The predicted octanol–water partition coefficient (Wildman–Crippen LogP) is 0.982. The molecule has 0 atom stereocenters. The van der Waals surface area contributed by atoms with Crippen molar-refractivity contribution in [1.82, 2.24) is 0 Å². The molecule has 0 amide bonds. The van der Waals surface area contributed by atoms with E-state index in [9.17, 15) is 0 Å². The van der Waals surface area contributed by atoms with Gasteiger partial charge in [0.05, 0.1) is 11.7 Å². The van der Waals surface area contributed by atoms with Gasteiger partial charge in [0.2, 0.25) is 0 Å². The molecule has 0 fully saturated rings. The number of thioether (sulfide) groups is 1. The zero-order valence-electron chi connectivity index (χ0n) is 2.60. The molecule has 1 nitrogen and oxygen atoms in total. The number of rotatable bonds is 0. The maximum atomic E-state index is 4.67. The van der Waals surface area contributed by atoms with Crippen LogP contribution in [0.1, 0.15) is 0 Å². The van der Waals surface area contributed by atoms with Gasteiger partial charge in [-0.3, -0.25) is 0 Å². The molecule has 0 bridgehead atoms. The van der Waals surface area contributed by atoms with E-state index in [1.165, 1.54) is 0 Å². The van der Waals surface area contributed by atoms with Crippen molar-refractivity contribution in [3.8, 4) is 0 Å². The van der Waals surface area contributed by atoms with Gasteiger partial charge >= 0.3 is 0 Å². The first kappa shape index (κ1) is 3.09. The fourth-order valence-electron chi connectivity index (χ4n) is 0.170. The minimum Gasteiger partial charge on any atom is -0.489 e. The second-order valence-electron chi connectivity index (χ2n) is 0.665. The normalized spacial score (nSPS) is 19.2. The van der Waals surface area contributed by atoms with Crippen molar-refractivity contribution >= 4 is 11.8 Å². The first-order valence-corrected chi connectivity index (χ1v) is 2.29. The van der Waals surface area contributed by atoms with Crippen molar-refractivity contribution in [2.75, 3.05) is 5.94 Å². The van der Waals surface area contributed by atoms with E-state index in [1.807, 2.05) is 0 Å². The van der Waals surface area contributed by atoms with Crippen LogP contribution in [-0.4, -0.2) is 5.94 Å². The second kappa shape index (κ2) is 1.36. The largest absolute Gasteiger partial charge is 0.489 e. The molecule has 27 valence electrons. The van der Waals surface area contributed by atoms with Gasteiger partial charge in [0.15, 0.2) is 0 Å². The van der Waals surface area contributed by atoms with Gasteiger partial charge in [0.25, 0.3) is 0 Å². The summed E-state index contributed by atoms with van der Waals surface area (Å²) in [5.74, 6) is 0.750. The third-order valence-corrected chi connectivity index (χ3v) is 0.859. The fraction of sp³-hybridized carbons (Fsp3) is 0.333. The van der Waals surface area contributed by atoms with Crippen LogP contribution in [0.4, 0.5) is 0 Å². The van der Waals surface area contributed by atoms with Crippen LogP contribution in [0, 0.1) is 5.41 Å². The number of ether oxygens (including phenoxy) is 1. The third kappa shape index (κ3) is 0.581. The maximum absolute atomic E-state index is 4.67. The van der Waals surface area contributed by atoms with E-state index in [4.69, 9.17) is 0 Å². The van der Waals surface area contributed by atoms with Gasteiger partial charge in [0, 0.05) is 0 Å². The van der Waals surface area contributed by atoms with Crippen LogP contribution in [-0.2, 0) is 4.74 Å². The van der Waals surface area contributed by atoms with Gasteiger partial charge in [-0.15, -0.1) is 0 Å². The lowest BCUT2D eigenvalue weighted by atomic mass is 11.1. The molecule has 1 aliphatic heterocycles. The highest BCUT2D eigenvalue weighted by molar-refractivity contribution is 8.00. The van der Waals surface area contributed by atoms with Gasteiger partial charge < -0.3 is 4.74 Å². The van der Waals surface area contributed by atoms with Gasteiger partial charge in [0.1, 0.15) is 5.94 Å². The summed E-state index contributed by atoms with van der Waals surface area (Å²) in [7, 11) is 0. The molecular weight excluding hydrogens is 84.1 g/mol. The lowest BCUT2D eigenvalue weighted by Crippen LogP contribution is -1.63. The molecule has 2 heteroatoms. The van der Waals surface area contributed by atoms with Crippen molar-refractivity contribution in [3.63, 3.8) is 0 Å². The molecule has 1 rings (SSSR count). The van der Waals surface area contributed by atoms with Gasteiger partial charge in [-0.2, -0.15) is 0 Å². The van der Waals surface area contributed by atoms with E-state index in [0.29, 0.717) is 0 Å². The first-order valence-electron chi connectivity index (χ1n) is 1.31. The smallest absolute Gasteiger partial charge is 0.137 e. The highest BCUT2D eigenvalue weighted by Crippen LogP contribution is 2.07. The maximum Gasteiger partial charge on any atom is 0.137 e. The second-order valence-corrected chi connectivity index (χ2v) is 1.42. The molecule has 0 aromatic rings. The Kier molecular flexibility index (Phi) is 0.841. The molecule has 1 aliphatic rings. The minimum atomic E-state index is 0.750. The Morgan fingerprint density at radius 2 is 3.00 bits per heavy atom. The van der Waals surface area contributed by atoms with Gasteiger partial charge in [-0.05, 0) is 0 Å². The van der Waals surface area contributed by atoms with E-state index < -0.39 is 0 Å². The van der Waals surface area contributed by atoms with Crippen LogP contribution in [0.25, 0.3) is 0 Å². The van der Waals surface area contributed by atoms with Gasteiger partial charge in [-0.25, -0.2) is 0 Å². The highest BCUT2D eigenvalue weighted by Gasteiger charge is 1.85. The van der Waals surface area contributed by atoms with Crippen molar-refractivity contribution in [2.24, 2.45) is 0 Å². The van der Waals surface area contributed by atoms with Gasteiger partial charge in [-0.1, -0.05) is 11.8 Å². The molecule has 0 aliphatic carbocycles. The first-order chi connectivity index (χ1) is 2.50. The van der Waals surface area contributed by atoms with Crippen LogP contribution in [0.2, 0.25) is 0 Å². The molecular formula is C3H3OS. The van der Waals surface area contributed by atoms with E-state index in [0.717, 1.165) is 5.94 Å². The topological polar surface area (TPSA) is 9.23 Å². The molecule has 0 aromatic carbocycles. The molecule has 1 radical (unpaired) electrons. The molecule has 0 saturated heterocycles. The zero-order valence-corrected chi connectivity index (χ0v) is 3.42. The summed E-state index contributed by atoms with van der Waals surface area (Å²) in [5, 5.41) is 2.79. The summed E-state index contributed by atoms with van der Waals surface area (Å²) >= 11 is 1.55. The molecule has 0 N–H and O–H groups in total. The zero-order chi connectivity index (χ0) is 3.54. The SMILES string of the molecule is [C]1=COCS1. The summed E-state index contributed by atoms with van der Waals surface area (Å²) in [6.45, 7) is 0. The van der Waals surface area contributed by atoms with Crippen LogP contribution in [0.5, 0.6) is 0 Å². The Morgan fingerprint density at radius 3 is 3.20 bits per heavy atom. The summed E-state index contributed by atoms with van der Waals surface area (Å²) in [5.41, 5.74) is 0. The molecule has 0 aromatic heterocycles. The van der Waals surface area contributed by atoms with Crippen LogP contribution in [0.15, 0.2) is 6.26 Å². The van der Waals surface area contributed by atoms with Crippen LogP contribution >= 0.6 is 11.8 Å². The average molecular weight is 87.1 g/mol. The Morgan fingerprint density at radius 1 is 2.00 bits per heavy atom. The van der Waals surface area contributed by atoms with E-state index in [-0.39, 0.29) is 0 Å². The lowest BCUT2D eigenvalue weighted by Gasteiger charge is -1.78. The average Bonchev–Trinajstić information content (AvgIpc) is 1.76. The highest BCUT2D eigenvalue weighted by atomic mass is 32.2. The Balaban J connectivity index is 2.32. The Labute approximate surface area is 35.0 Å². The predicted molar refractivity (Wildman–Crippen MR) is 21.4 cm³/mol. The standard InChI is InChI=1S/C3H3OS/c1-2-5-3-4-1/h1H,3H2. The lowest BCUT2D eigenvalue weighted by molar-refractivity contribution is 0.325. The van der Waals surface area contributed by atoms with Crippen molar-refractivity contribution in [3.05, 3.63) is 11.7 Å². The number of hydrogen-bond acceptors (Lipinski definition) is 2. The van der Waals surface area contributed by atoms with Crippen LogP contribution in [0.3, 0.4) is 0 Å². The Bertz CT molecular complexity index is 44.9. The Hall–Kier alpha value is -0.110. The molecule has 5 heavy (non-hydrogen) atoms. The third-order valence-electron chi connectivity index (χ3n) is 0.342. The van der Waals surface area contributed by atoms with Crippen molar-refractivity contribution < 1.29 is 4.74 Å². The van der Waals surface area contributed by atoms with E-state index in [1.54, 1.807) is 18.0 Å². The number of hydrogen-bond donors (Lipinski definition) is 0. The summed E-state index contributed by atoms with van der Waals surface area (Å²) in [6.07, 6.45) is 1.57. The quantitative estimate of drug-likeness (QED) is 0.435. The summed E-state index contributed by atoms with van der Waals surface area (Å²) in [4.78, 5) is 0. The minimum absolute atomic E-state index is 0.750. The van der Waals surface area contributed by atoms with E-state index >= 15 is 0 Å². The van der Waals surface area contributed by atoms with Crippen LogP contribution < -0.4 is 0 Å². The molecule has 0 spiro atoms. The molecule has 1 heterocycles. The van der Waals surface area contributed by atoms with Crippen molar-refractivity contribution in [1.29, 1.82) is 0 Å². The fourth-order valence-corrected chi connectivity index (χ4v) is 0.510. The van der Waals surface area contributed by atoms with E-state index in [2.05, 4.69) is 10.1 Å². The van der Waals surface area contributed by atoms with Crippen molar-refractivity contribution in [2.45, 2.75) is 0 Å². The molecule has 0 saturated carbocycles.